The Kier molecular flexibility index (Phi) is 5.08. The van der Waals surface area contributed by atoms with E-state index < -0.39 is 0 Å². The summed E-state index contributed by atoms with van der Waals surface area (Å²) in [6.45, 7) is 2.63. The number of piperazine rings is 1. The van der Waals surface area contributed by atoms with Crippen LogP contribution in [-0.4, -0.2) is 59.3 Å². The molecular weight excluding hydrogens is 359 g/mol. The van der Waals surface area contributed by atoms with Crippen molar-refractivity contribution < 1.29 is 14.0 Å². The Morgan fingerprint density at radius 1 is 1.00 bits per heavy atom. The number of hydrogen-bond acceptors (Lipinski definition) is 3. The first-order valence-corrected chi connectivity index (χ1v) is 9.23. The lowest BCUT2D eigenvalue weighted by molar-refractivity contribution is -0.117. The number of nitrogens with one attached hydrogen (secondary N) is 2. The van der Waals surface area contributed by atoms with Crippen LogP contribution in [-0.2, 0) is 4.79 Å². The summed E-state index contributed by atoms with van der Waals surface area (Å²) < 4.78 is 12.9. The zero-order valence-electron chi connectivity index (χ0n) is 15.3. The lowest BCUT2D eigenvalue weighted by Crippen LogP contribution is -2.50. The van der Waals surface area contributed by atoms with Gasteiger partial charge in [-0.25, -0.2) is 4.39 Å². The summed E-state index contributed by atoms with van der Waals surface area (Å²) in [6, 6.07) is 15.4. The number of para-hydroxylation sites is 1. The fraction of sp³-hybridized carbons (Fsp3) is 0.238. The van der Waals surface area contributed by atoms with Gasteiger partial charge in [0.15, 0.2) is 0 Å². The van der Waals surface area contributed by atoms with Gasteiger partial charge in [0.05, 0.1) is 6.54 Å². The molecule has 1 fully saturated rings. The molecule has 1 aliphatic heterocycles. The van der Waals surface area contributed by atoms with Crippen molar-refractivity contribution in [1.29, 1.82) is 0 Å². The zero-order chi connectivity index (χ0) is 19.5. The lowest BCUT2D eigenvalue weighted by Gasteiger charge is -2.34. The third kappa shape index (κ3) is 4.04. The minimum atomic E-state index is -0.339. The molecule has 2 amide bonds. The largest absolute Gasteiger partial charge is 0.351 e. The molecule has 0 radical (unpaired) electrons. The van der Waals surface area contributed by atoms with Crippen molar-refractivity contribution in [3.05, 3.63) is 66.1 Å². The standard InChI is InChI=1S/C21H21FN4O2/c22-16-5-7-17(8-6-16)23-20(27)14-25-9-11-26(12-10-25)21(28)19-13-15-3-1-2-4-18(15)24-19/h1-8,13,24H,9-12,14H2,(H,23,27). The van der Waals surface area contributed by atoms with Crippen LogP contribution in [0.15, 0.2) is 54.6 Å². The van der Waals surface area contributed by atoms with Crippen LogP contribution < -0.4 is 5.32 Å². The molecule has 2 aromatic carbocycles. The second kappa shape index (κ2) is 7.82. The van der Waals surface area contributed by atoms with Crippen molar-refractivity contribution in [3.63, 3.8) is 0 Å². The first-order chi connectivity index (χ1) is 13.6. The molecule has 1 saturated heterocycles. The number of carbonyl (C=O) groups is 2. The van der Waals surface area contributed by atoms with Gasteiger partial charge in [0.2, 0.25) is 5.91 Å². The predicted octanol–water partition coefficient (Wildman–Crippen LogP) is 2.70. The van der Waals surface area contributed by atoms with Crippen molar-refractivity contribution in [2.45, 2.75) is 0 Å². The summed E-state index contributed by atoms with van der Waals surface area (Å²) in [6.07, 6.45) is 0. The predicted molar refractivity (Wildman–Crippen MR) is 106 cm³/mol. The number of anilines is 1. The monoisotopic (exact) mass is 380 g/mol. The van der Waals surface area contributed by atoms with Crippen molar-refractivity contribution in [2.24, 2.45) is 0 Å². The molecule has 6 nitrogen and oxygen atoms in total. The smallest absolute Gasteiger partial charge is 0.270 e. The number of carbonyl (C=O) groups excluding carboxylic acids is 2. The minimum absolute atomic E-state index is 0.0217. The summed E-state index contributed by atoms with van der Waals surface area (Å²) in [5.41, 5.74) is 2.10. The number of amides is 2. The number of aromatic nitrogens is 1. The molecule has 3 aromatic rings. The third-order valence-corrected chi connectivity index (χ3v) is 4.92. The van der Waals surface area contributed by atoms with Crippen LogP contribution >= 0.6 is 0 Å². The Morgan fingerprint density at radius 3 is 2.43 bits per heavy atom. The number of nitrogens with zero attached hydrogens (tertiary/aromatic N) is 2. The molecule has 0 unspecified atom stereocenters. The molecule has 2 N–H and O–H groups in total. The topological polar surface area (TPSA) is 68.4 Å². The van der Waals surface area contributed by atoms with Gasteiger partial charge < -0.3 is 15.2 Å². The van der Waals surface area contributed by atoms with E-state index in [0.717, 1.165) is 10.9 Å². The molecule has 4 rings (SSSR count). The molecule has 2 heterocycles. The highest BCUT2D eigenvalue weighted by atomic mass is 19.1. The summed E-state index contributed by atoms with van der Waals surface area (Å²) >= 11 is 0. The van der Waals surface area contributed by atoms with E-state index >= 15 is 0 Å². The van der Waals surface area contributed by atoms with E-state index in [1.54, 1.807) is 4.90 Å². The fourth-order valence-corrected chi connectivity index (χ4v) is 3.40. The number of rotatable bonds is 4. The van der Waals surface area contributed by atoms with E-state index in [0.29, 0.717) is 37.6 Å². The molecule has 0 spiro atoms. The minimum Gasteiger partial charge on any atom is -0.351 e. The average molecular weight is 380 g/mol. The molecule has 144 valence electrons. The normalized spacial score (nSPS) is 15.0. The zero-order valence-corrected chi connectivity index (χ0v) is 15.3. The van der Waals surface area contributed by atoms with Crippen LogP contribution in [0.4, 0.5) is 10.1 Å². The Labute approximate surface area is 161 Å². The highest BCUT2D eigenvalue weighted by Gasteiger charge is 2.24. The molecule has 1 aliphatic rings. The second-order valence-corrected chi connectivity index (χ2v) is 6.89. The molecule has 0 aliphatic carbocycles. The molecule has 28 heavy (non-hydrogen) atoms. The third-order valence-electron chi connectivity index (χ3n) is 4.92. The van der Waals surface area contributed by atoms with Crippen molar-refractivity contribution in [2.75, 3.05) is 38.0 Å². The van der Waals surface area contributed by atoms with Crippen molar-refractivity contribution in [3.8, 4) is 0 Å². The fourth-order valence-electron chi connectivity index (χ4n) is 3.40. The highest BCUT2D eigenvalue weighted by Crippen LogP contribution is 2.17. The first-order valence-electron chi connectivity index (χ1n) is 9.23. The molecule has 1 aromatic heterocycles. The van der Waals surface area contributed by atoms with E-state index in [1.807, 2.05) is 35.2 Å². The van der Waals surface area contributed by atoms with Crippen LogP contribution in [0.1, 0.15) is 10.5 Å². The quantitative estimate of drug-likeness (QED) is 0.731. The SMILES string of the molecule is O=C(CN1CCN(C(=O)c2cc3ccccc3[nH]2)CC1)Nc1ccc(F)cc1. The molecule has 0 bridgehead atoms. The Bertz CT molecular complexity index is 958. The maximum Gasteiger partial charge on any atom is 0.270 e. The van der Waals surface area contributed by atoms with Gasteiger partial charge in [0.25, 0.3) is 5.91 Å². The van der Waals surface area contributed by atoms with Gasteiger partial charge in [-0.3, -0.25) is 14.5 Å². The van der Waals surface area contributed by atoms with Crippen LogP contribution in [0.3, 0.4) is 0 Å². The lowest BCUT2D eigenvalue weighted by atomic mass is 10.2. The van der Waals surface area contributed by atoms with E-state index in [-0.39, 0.29) is 24.2 Å². The maximum atomic E-state index is 12.9. The summed E-state index contributed by atoms with van der Waals surface area (Å²) in [7, 11) is 0. The number of benzene rings is 2. The van der Waals surface area contributed by atoms with Gasteiger partial charge in [-0.2, -0.15) is 0 Å². The Morgan fingerprint density at radius 2 is 1.71 bits per heavy atom. The van der Waals surface area contributed by atoms with Gasteiger partial charge in [-0.15, -0.1) is 0 Å². The van der Waals surface area contributed by atoms with Crippen molar-refractivity contribution in [1.82, 2.24) is 14.8 Å². The van der Waals surface area contributed by atoms with Crippen LogP contribution in [0.2, 0.25) is 0 Å². The van der Waals surface area contributed by atoms with Crippen molar-refractivity contribution >= 4 is 28.4 Å². The van der Waals surface area contributed by atoms with Gasteiger partial charge >= 0.3 is 0 Å². The van der Waals surface area contributed by atoms with E-state index in [4.69, 9.17) is 0 Å². The molecule has 0 atom stereocenters. The number of aromatic amines is 1. The average Bonchev–Trinajstić information content (AvgIpc) is 3.14. The van der Waals surface area contributed by atoms with E-state index in [2.05, 4.69) is 10.3 Å². The number of hydrogen-bond donors (Lipinski definition) is 2. The van der Waals surface area contributed by atoms with Crippen LogP contribution in [0.25, 0.3) is 10.9 Å². The summed E-state index contributed by atoms with van der Waals surface area (Å²) in [4.78, 5) is 31.9. The maximum absolute atomic E-state index is 12.9. The van der Waals surface area contributed by atoms with Gasteiger partial charge in [-0.1, -0.05) is 18.2 Å². The van der Waals surface area contributed by atoms with E-state index in [9.17, 15) is 14.0 Å². The number of H-pyrrole nitrogens is 1. The summed E-state index contributed by atoms with van der Waals surface area (Å²) in [5, 5.41) is 3.77. The molecule has 7 heteroatoms. The number of halogens is 1. The van der Waals surface area contributed by atoms with Gasteiger partial charge in [0.1, 0.15) is 11.5 Å². The Hall–Kier alpha value is -3.19. The summed E-state index contributed by atoms with van der Waals surface area (Å²) in [5.74, 6) is -0.512. The van der Waals surface area contributed by atoms with E-state index in [1.165, 1.54) is 24.3 Å². The first kappa shape index (κ1) is 18.2. The molecule has 0 saturated carbocycles. The van der Waals surface area contributed by atoms with Crippen LogP contribution in [0, 0.1) is 5.82 Å². The van der Waals surface area contributed by atoms with Crippen LogP contribution in [0.5, 0.6) is 0 Å². The number of fused-ring (bicyclic) bond motifs is 1. The van der Waals surface area contributed by atoms with Gasteiger partial charge in [0, 0.05) is 42.8 Å². The van der Waals surface area contributed by atoms with Gasteiger partial charge in [-0.05, 0) is 36.4 Å². The Balaban J connectivity index is 1.29. The highest BCUT2D eigenvalue weighted by molar-refractivity contribution is 5.98. The molecular formula is C21H21FN4O2. The second-order valence-electron chi connectivity index (χ2n) is 6.89.